The summed E-state index contributed by atoms with van der Waals surface area (Å²) in [4.78, 5) is 0. The van der Waals surface area contributed by atoms with Gasteiger partial charge in [-0.25, -0.2) is 0 Å². The van der Waals surface area contributed by atoms with Crippen LogP contribution in [0.25, 0.3) is 0 Å². The van der Waals surface area contributed by atoms with Crippen LogP contribution in [0, 0.1) is 31.1 Å². The number of hydrogen-bond donors (Lipinski definition) is 0. The standard InChI is InChI=1S/3HI.U/h3*1H;/q;;;+3/p-3. The summed E-state index contributed by atoms with van der Waals surface area (Å²) in [6, 6.07) is 0. The van der Waals surface area contributed by atoms with Gasteiger partial charge in [-0.05, 0) is 0 Å². The van der Waals surface area contributed by atoms with Gasteiger partial charge in [0.05, 0.1) is 0 Å². The van der Waals surface area contributed by atoms with Crippen LogP contribution in [0.4, 0.5) is 0 Å². The van der Waals surface area contributed by atoms with Crippen molar-refractivity contribution >= 4 is 0 Å². The Morgan fingerprint density at radius 1 is 0.500 bits per heavy atom. The third-order valence-electron chi connectivity index (χ3n) is 0. The summed E-state index contributed by atoms with van der Waals surface area (Å²) >= 11 is 0. The molecule has 0 aromatic heterocycles. The molecule has 0 saturated carbocycles. The van der Waals surface area contributed by atoms with Crippen LogP contribution >= 0.6 is 0 Å². The van der Waals surface area contributed by atoms with Gasteiger partial charge in [0.15, 0.2) is 0 Å². The topological polar surface area (TPSA) is 0 Å². The van der Waals surface area contributed by atoms with Crippen LogP contribution in [0.1, 0.15) is 0 Å². The maximum absolute atomic E-state index is 0. The third kappa shape index (κ3) is 8.97. The Morgan fingerprint density at radius 3 is 0.500 bits per heavy atom. The molecule has 4 heteroatoms. The quantitative estimate of drug-likeness (QED) is 0.237. The molecule has 0 aromatic rings. The first-order valence-electron chi connectivity index (χ1n) is 0. The van der Waals surface area contributed by atoms with Crippen LogP contribution < -0.4 is 71.9 Å². The molecule has 0 amide bonds. The van der Waals surface area contributed by atoms with Gasteiger partial charge in [-0.3, -0.25) is 0 Å². The molecule has 0 rings (SSSR count). The fourth-order valence-corrected chi connectivity index (χ4v) is 0. The minimum Gasteiger partial charge on any atom is -1.00 e. The Morgan fingerprint density at radius 2 is 0.500 bits per heavy atom. The molecule has 1 radical (unpaired) electrons. The average molecular weight is 619 g/mol. The summed E-state index contributed by atoms with van der Waals surface area (Å²) in [5, 5.41) is 0. The van der Waals surface area contributed by atoms with Gasteiger partial charge in [-0.2, -0.15) is 0 Å². The van der Waals surface area contributed by atoms with Gasteiger partial charge in [-0.15, -0.1) is 0 Å². The molecule has 0 spiro atoms. The van der Waals surface area contributed by atoms with Gasteiger partial charge in [0.25, 0.3) is 0 Å². The Labute approximate surface area is 101 Å². The third-order valence-corrected chi connectivity index (χ3v) is 0. The zero-order valence-electron chi connectivity index (χ0n) is 1.63. The van der Waals surface area contributed by atoms with Crippen molar-refractivity contribution in [3.63, 3.8) is 0 Å². The minimum atomic E-state index is 0. The zero-order valence-corrected chi connectivity index (χ0v) is 12.3. The maximum Gasteiger partial charge on any atom is 3.00 e. The van der Waals surface area contributed by atoms with Crippen LogP contribution in [0.15, 0.2) is 0 Å². The van der Waals surface area contributed by atoms with E-state index in [2.05, 4.69) is 0 Å². The summed E-state index contributed by atoms with van der Waals surface area (Å²) in [6.07, 6.45) is 0. The Kier molecular flexibility index (Phi) is 110. The van der Waals surface area contributed by atoms with Crippen LogP contribution in [-0.2, 0) is 0 Å². The molecule has 0 atom stereocenters. The minimum absolute atomic E-state index is 0. The second-order valence-corrected chi connectivity index (χ2v) is 0. The first kappa shape index (κ1) is 26.8. The average Bonchev–Trinajstić information content (AvgIpc) is 0. The SMILES string of the molecule is [I-].[I-].[I-].[U+3]. The Balaban J connectivity index is 0. The Bertz CT molecular complexity index is 3.25. The van der Waals surface area contributed by atoms with Crippen molar-refractivity contribution in [2.45, 2.75) is 0 Å². The van der Waals surface area contributed by atoms with E-state index in [1.807, 2.05) is 0 Å². The molecule has 0 fully saturated rings. The van der Waals surface area contributed by atoms with E-state index in [1.54, 1.807) is 0 Å². The molecule has 0 unspecified atom stereocenters. The van der Waals surface area contributed by atoms with Gasteiger partial charge < -0.3 is 71.9 Å². The normalized spacial score (nSPS) is 0. The van der Waals surface area contributed by atoms with Gasteiger partial charge in [0.2, 0.25) is 0 Å². The van der Waals surface area contributed by atoms with E-state index in [1.165, 1.54) is 0 Å². The van der Waals surface area contributed by atoms with E-state index in [0.29, 0.717) is 0 Å². The summed E-state index contributed by atoms with van der Waals surface area (Å²) in [7, 11) is 0. The van der Waals surface area contributed by atoms with Crippen LogP contribution in [0.3, 0.4) is 0 Å². The monoisotopic (exact) mass is 619 g/mol. The van der Waals surface area contributed by atoms with Gasteiger partial charge in [0.1, 0.15) is 0 Å². The fourth-order valence-electron chi connectivity index (χ4n) is 0. The van der Waals surface area contributed by atoms with Gasteiger partial charge in [-0.1, -0.05) is 0 Å². The van der Waals surface area contributed by atoms with E-state index in [4.69, 9.17) is 0 Å². The van der Waals surface area contributed by atoms with Crippen molar-refractivity contribution in [3.8, 4) is 0 Å². The largest absolute Gasteiger partial charge is 3.00 e. The molecule has 0 aliphatic heterocycles. The molecule has 0 aliphatic rings. The van der Waals surface area contributed by atoms with Crippen molar-refractivity contribution in [1.29, 1.82) is 0 Å². The van der Waals surface area contributed by atoms with Gasteiger partial charge >= 0.3 is 31.1 Å². The Hall–Kier alpha value is 3.24. The molecular formula is I3U. The smallest absolute Gasteiger partial charge is 1.00 e. The second kappa shape index (κ2) is 16.3. The van der Waals surface area contributed by atoms with Crippen LogP contribution in [0.2, 0.25) is 0 Å². The molecule has 4 heavy (non-hydrogen) atoms. The van der Waals surface area contributed by atoms with Crippen molar-refractivity contribution in [1.82, 2.24) is 0 Å². The van der Waals surface area contributed by atoms with Crippen LogP contribution in [0.5, 0.6) is 0 Å². The molecule has 0 heterocycles. The summed E-state index contributed by atoms with van der Waals surface area (Å²) < 4.78 is 0. The van der Waals surface area contributed by atoms with Crippen molar-refractivity contribution in [2.75, 3.05) is 0 Å². The molecule has 0 saturated heterocycles. The van der Waals surface area contributed by atoms with E-state index in [9.17, 15) is 0 Å². The van der Waals surface area contributed by atoms with E-state index in [-0.39, 0.29) is 103 Å². The first-order chi connectivity index (χ1) is 0. The number of halogens is 3. The van der Waals surface area contributed by atoms with E-state index >= 15 is 0 Å². The molecule has 0 N–H and O–H groups in total. The predicted octanol–water partition coefficient (Wildman–Crippen LogP) is -8.99. The van der Waals surface area contributed by atoms with Crippen LogP contribution in [-0.4, -0.2) is 0 Å². The summed E-state index contributed by atoms with van der Waals surface area (Å²) in [5.41, 5.74) is 0. The van der Waals surface area contributed by atoms with Crippen molar-refractivity contribution in [2.24, 2.45) is 0 Å². The number of hydrogen-bond acceptors (Lipinski definition) is 0. The van der Waals surface area contributed by atoms with Gasteiger partial charge in [0, 0.05) is 0 Å². The molecule has 0 bridgehead atoms. The summed E-state index contributed by atoms with van der Waals surface area (Å²) in [6.45, 7) is 0. The fraction of sp³-hybridized carbons (Fsp3) is 0. The van der Waals surface area contributed by atoms with Crippen molar-refractivity contribution in [3.05, 3.63) is 0 Å². The van der Waals surface area contributed by atoms with Crippen molar-refractivity contribution < 1.29 is 103 Å². The molecule has 0 aliphatic carbocycles. The summed E-state index contributed by atoms with van der Waals surface area (Å²) in [5.74, 6) is 0. The first-order valence-corrected chi connectivity index (χ1v) is 0. The zero-order chi connectivity index (χ0) is 0. The van der Waals surface area contributed by atoms with E-state index < -0.39 is 0 Å². The molecule has 0 nitrogen and oxygen atoms in total. The van der Waals surface area contributed by atoms with E-state index in [0.717, 1.165) is 0 Å². The predicted molar refractivity (Wildman–Crippen MR) is 0 cm³/mol. The molecule has 25 valence electrons. The molecule has 0 aromatic carbocycles. The maximum atomic E-state index is 0. The second-order valence-electron chi connectivity index (χ2n) is 0. The molecular weight excluding hydrogens is 619 g/mol. The number of rotatable bonds is 0.